The lowest BCUT2D eigenvalue weighted by atomic mass is 9.89. The highest BCUT2D eigenvalue weighted by molar-refractivity contribution is 5.95. The first-order valence-corrected chi connectivity index (χ1v) is 11.9. The van der Waals surface area contributed by atoms with Crippen LogP contribution < -0.4 is 0 Å². The van der Waals surface area contributed by atoms with Gasteiger partial charge in [0.05, 0.1) is 12.0 Å². The van der Waals surface area contributed by atoms with Crippen LogP contribution in [0.1, 0.15) is 49.4 Å². The summed E-state index contributed by atoms with van der Waals surface area (Å²) in [5.74, 6) is -5.94. The van der Waals surface area contributed by atoms with Crippen LogP contribution in [0.25, 0.3) is 11.1 Å². The molecule has 0 aromatic heterocycles. The molecule has 1 heterocycles. The SMILES string of the molecule is CCCC(F)(F)C(=O)C=CC[C@@H]1[C@H]2CC(=O)O[C@H]2C[C@H]1OC(=O)c1ccc(-c2ccccc2)cc1. The van der Waals surface area contributed by atoms with Crippen molar-refractivity contribution in [2.75, 3.05) is 0 Å². The van der Waals surface area contributed by atoms with E-state index in [1.807, 2.05) is 42.5 Å². The minimum atomic E-state index is -3.40. The third kappa shape index (κ3) is 5.66. The monoisotopic (exact) mass is 482 g/mol. The molecule has 1 saturated heterocycles. The van der Waals surface area contributed by atoms with Gasteiger partial charge in [-0.05, 0) is 42.2 Å². The van der Waals surface area contributed by atoms with Crippen molar-refractivity contribution in [3.05, 3.63) is 72.3 Å². The highest BCUT2D eigenvalue weighted by Gasteiger charge is 2.51. The maximum Gasteiger partial charge on any atom is 0.338 e. The quantitative estimate of drug-likeness (QED) is 0.335. The topological polar surface area (TPSA) is 69.7 Å². The molecule has 2 aromatic rings. The zero-order chi connectivity index (χ0) is 25.0. The van der Waals surface area contributed by atoms with Crippen molar-refractivity contribution in [2.24, 2.45) is 11.8 Å². The van der Waals surface area contributed by atoms with E-state index in [0.717, 1.165) is 17.2 Å². The van der Waals surface area contributed by atoms with Gasteiger partial charge < -0.3 is 9.47 Å². The Morgan fingerprint density at radius 1 is 1.09 bits per heavy atom. The molecule has 2 fully saturated rings. The molecule has 1 saturated carbocycles. The predicted octanol–water partition coefficient (Wildman–Crippen LogP) is 5.78. The maximum atomic E-state index is 13.8. The molecule has 5 nitrogen and oxygen atoms in total. The lowest BCUT2D eigenvalue weighted by Crippen LogP contribution is -2.27. The Bertz CT molecular complexity index is 1090. The Hall–Kier alpha value is -3.35. The maximum absolute atomic E-state index is 13.8. The summed E-state index contributed by atoms with van der Waals surface area (Å²) in [4.78, 5) is 36.5. The van der Waals surface area contributed by atoms with E-state index < -0.39 is 30.2 Å². The van der Waals surface area contributed by atoms with Crippen molar-refractivity contribution in [1.29, 1.82) is 0 Å². The van der Waals surface area contributed by atoms with Gasteiger partial charge in [0.25, 0.3) is 0 Å². The fraction of sp³-hybridized carbons (Fsp3) is 0.393. The number of fused-ring (bicyclic) bond motifs is 1. The minimum absolute atomic E-state index is 0.183. The average Bonchev–Trinajstić information content (AvgIpc) is 3.35. The summed E-state index contributed by atoms with van der Waals surface area (Å²) in [6, 6.07) is 16.9. The number of carbonyl (C=O) groups excluding carboxylic acids is 3. The third-order valence-electron chi connectivity index (χ3n) is 6.74. The number of hydrogen-bond donors (Lipinski definition) is 0. The number of hydrogen-bond acceptors (Lipinski definition) is 5. The van der Waals surface area contributed by atoms with Gasteiger partial charge in [-0.2, -0.15) is 8.78 Å². The molecule has 35 heavy (non-hydrogen) atoms. The first kappa shape index (κ1) is 24.8. The van der Waals surface area contributed by atoms with E-state index in [-0.39, 0.29) is 43.2 Å². The van der Waals surface area contributed by atoms with Crippen LogP contribution in [0.2, 0.25) is 0 Å². The molecule has 0 amide bonds. The Labute approximate surface area is 203 Å². The van der Waals surface area contributed by atoms with Gasteiger partial charge in [0.15, 0.2) is 0 Å². The highest BCUT2D eigenvalue weighted by atomic mass is 19.3. The Balaban J connectivity index is 1.43. The molecular weight excluding hydrogens is 454 g/mol. The summed E-state index contributed by atoms with van der Waals surface area (Å²) in [6.07, 6.45) is 1.84. The third-order valence-corrected chi connectivity index (χ3v) is 6.74. The molecule has 0 bridgehead atoms. The molecule has 0 N–H and O–H groups in total. The fourth-order valence-corrected chi connectivity index (χ4v) is 4.95. The molecule has 4 atom stereocenters. The lowest BCUT2D eigenvalue weighted by Gasteiger charge is -2.22. The smallest absolute Gasteiger partial charge is 0.338 e. The normalized spacial score (nSPS) is 23.8. The number of alkyl halides is 2. The van der Waals surface area contributed by atoms with Crippen molar-refractivity contribution in [3.8, 4) is 11.1 Å². The van der Waals surface area contributed by atoms with Gasteiger partial charge in [-0.1, -0.05) is 55.5 Å². The van der Waals surface area contributed by atoms with Crippen molar-refractivity contribution >= 4 is 17.7 Å². The first-order chi connectivity index (χ1) is 16.8. The average molecular weight is 483 g/mol. The van der Waals surface area contributed by atoms with E-state index in [9.17, 15) is 23.2 Å². The van der Waals surface area contributed by atoms with E-state index in [1.54, 1.807) is 19.1 Å². The van der Waals surface area contributed by atoms with Crippen LogP contribution in [-0.4, -0.2) is 35.9 Å². The minimum Gasteiger partial charge on any atom is -0.462 e. The van der Waals surface area contributed by atoms with Crippen LogP contribution in [0.3, 0.4) is 0 Å². The summed E-state index contributed by atoms with van der Waals surface area (Å²) in [5, 5.41) is 0. The standard InChI is InChI=1S/C28H28F2O5/c1-2-15-28(29,30)25(31)10-6-9-21-22-16-26(32)34-24(22)17-23(21)35-27(33)20-13-11-19(12-14-20)18-7-4-3-5-8-18/h3-8,10-14,21-24H,2,9,15-17H2,1H3/t21-,22-,23-,24+/m1/s1. The predicted molar refractivity (Wildman–Crippen MR) is 126 cm³/mol. The zero-order valence-electron chi connectivity index (χ0n) is 19.5. The molecule has 1 aliphatic heterocycles. The van der Waals surface area contributed by atoms with Gasteiger partial charge in [-0.25, -0.2) is 4.79 Å². The van der Waals surface area contributed by atoms with Crippen molar-refractivity contribution in [2.45, 2.75) is 57.2 Å². The van der Waals surface area contributed by atoms with Crippen LogP contribution in [0.15, 0.2) is 66.7 Å². The van der Waals surface area contributed by atoms with Gasteiger partial charge in [0.1, 0.15) is 12.2 Å². The number of ether oxygens (including phenoxy) is 2. The first-order valence-electron chi connectivity index (χ1n) is 11.9. The summed E-state index contributed by atoms with van der Waals surface area (Å²) in [5.41, 5.74) is 2.39. The zero-order valence-corrected chi connectivity index (χ0v) is 19.5. The molecular formula is C28H28F2O5. The van der Waals surface area contributed by atoms with E-state index in [4.69, 9.17) is 9.47 Å². The molecule has 0 spiro atoms. The highest BCUT2D eigenvalue weighted by Crippen LogP contribution is 2.44. The number of halogens is 2. The van der Waals surface area contributed by atoms with Crippen molar-refractivity contribution in [3.63, 3.8) is 0 Å². The number of esters is 2. The second-order valence-corrected chi connectivity index (χ2v) is 9.14. The van der Waals surface area contributed by atoms with E-state index >= 15 is 0 Å². The van der Waals surface area contributed by atoms with Crippen LogP contribution in [-0.2, 0) is 19.1 Å². The molecule has 1 aliphatic carbocycles. The molecule has 7 heteroatoms. The van der Waals surface area contributed by atoms with Gasteiger partial charge in [-0.15, -0.1) is 0 Å². The molecule has 4 rings (SSSR count). The second-order valence-electron chi connectivity index (χ2n) is 9.14. The van der Waals surface area contributed by atoms with Gasteiger partial charge in [0, 0.05) is 24.7 Å². The molecule has 0 radical (unpaired) electrons. The van der Waals surface area contributed by atoms with Gasteiger partial charge in [-0.3, -0.25) is 9.59 Å². The largest absolute Gasteiger partial charge is 0.462 e. The van der Waals surface area contributed by atoms with Crippen LogP contribution >= 0.6 is 0 Å². The second kappa shape index (κ2) is 10.5. The number of ketones is 1. The van der Waals surface area contributed by atoms with E-state index in [0.29, 0.717) is 12.0 Å². The van der Waals surface area contributed by atoms with Crippen LogP contribution in [0.4, 0.5) is 8.78 Å². The van der Waals surface area contributed by atoms with Gasteiger partial charge >= 0.3 is 17.9 Å². The van der Waals surface area contributed by atoms with Crippen molar-refractivity contribution in [1.82, 2.24) is 0 Å². The van der Waals surface area contributed by atoms with E-state index in [2.05, 4.69) is 0 Å². The Morgan fingerprint density at radius 2 is 1.77 bits per heavy atom. The summed E-state index contributed by atoms with van der Waals surface area (Å²) < 4.78 is 38.8. The van der Waals surface area contributed by atoms with E-state index in [1.165, 1.54) is 6.08 Å². The fourth-order valence-electron chi connectivity index (χ4n) is 4.95. The van der Waals surface area contributed by atoms with Gasteiger partial charge in [0.2, 0.25) is 5.78 Å². The molecule has 0 unspecified atom stereocenters. The van der Waals surface area contributed by atoms with Crippen molar-refractivity contribution < 1.29 is 32.6 Å². The molecule has 184 valence electrons. The number of rotatable bonds is 9. The number of allylic oxidation sites excluding steroid dienone is 2. The Kier molecular flexibility index (Phi) is 7.43. The van der Waals surface area contributed by atoms with Crippen LogP contribution in [0, 0.1) is 11.8 Å². The summed E-state index contributed by atoms with van der Waals surface area (Å²) in [7, 11) is 0. The molecule has 2 aromatic carbocycles. The lowest BCUT2D eigenvalue weighted by molar-refractivity contribution is -0.142. The number of carbonyl (C=O) groups is 3. The summed E-state index contributed by atoms with van der Waals surface area (Å²) >= 11 is 0. The number of benzene rings is 2. The molecule has 2 aliphatic rings. The Morgan fingerprint density at radius 3 is 2.46 bits per heavy atom. The van der Waals surface area contributed by atoms with Crippen LogP contribution in [0.5, 0.6) is 0 Å². The summed E-state index contributed by atoms with van der Waals surface area (Å²) in [6.45, 7) is 1.59.